The first-order valence-electron chi connectivity index (χ1n) is 9.43. The van der Waals surface area contributed by atoms with Crippen LogP contribution >= 0.6 is 0 Å². The average Bonchev–Trinajstić information content (AvgIpc) is 2.79. The molecule has 0 aliphatic carbocycles. The highest BCUT2D eigenvalue weighted by Crippen LogP contribution is 2.33. The van der Waals surface area contributed by atoms with Gasteiger partial charge < -0.3 is 9.47 Å². The minimum atomic E-state index is -4.49. The fraction of sp³-hybridized carbons (Fsp3) is 0.0800. The number of methoxy groups -OCH3 is 1. The molecule has 0 aromatic heterocycles. The number of hydrogen-bond donors (Lipinski definition) is 0. The summed E-state index contributed by atoms with van der Waals surface area (Å²) in [5.41, 5.74) is -0.231. The summed E-state index contributed by atoms with van der Waals surface area (Å²) in [6.45, 7) is 0. The molecule has 0 heterocycles. The minimum Gasteiger partial charge on any atom is -0.503 e. The fourth-order valence-electron chi connectivity index (χ4n) is 2.86. The van der Waals surface area contributed by atoms with Crippen molar-refractivity contribution in [2.24, 2.45) is 0 Å². The van der Waals surface area contributed by atoms with Gasteiger partial charge in [0.1, 0.15) is 11.6 Å². The summed E-state index contributed by atoms with van der Waals surface area (Å²) >= 11 is 0. The summed E-state index contributed by atoms with van der Waals surface area (Å²) in [6, 6.07) is 18.9. The van der Waals surface area contributed by atoms with E-state index in [9.17, 15) is 22.4 Å². The number of carbonyl (C=O) groups is 1. The highest BCUT2D eigenvalue weighted by molar-refractivity contribution is 5.94. The Labute approximate surface area is 182 Å². The van der Waals surface area contributed by atoms with Crippen LogP contribution in [0.2, 0.25) is 0 Å². The van der Waals surface area contributed by atoms with E-state index in [1.807, 2.05) is 0 Å². The number of para-hydroxylation sites is 1. The van der Waals surface area contributed by atoms with Gasteiger partial charge in [0, 0.05) is 5.56 Å². The van der Waals surface area contributed by atoms with Gasteiger partial charge in [0.05, 0.1) is 24.5 Å². The van der Waals surface area contributed by atoms with Crippen molar-refractivity contribution in [1.29, 1.82) is 0 Å². The summed E-state index contributed by atoms with van der Waals surface area (Å²) < 4.78 is 64.0. The van der Waals surface area contributed by atoms with Crippen molar-refractivity contribution in [3.63, 3.8) is 0 Å². The lowest BCUT2D eigenvalue weighted by Crippen LogP contribution is -2.10. The second-order valence-corrected chi connectivity index (χ2v) is 6.66. The zero-order valence-corrected chi connectivity index (χ0v) is 16.9. The number of benzene rings is 3. The predicted octanol–water partition coefficient (Wildman–Crippen LogP) is 6.82. The monoisotopic (exact) mass is 442 g/mol. The van der Waals surface area contributed by atoms with Gasteiger partial charge >= 0.3 is 12.1 Å². The molecule has 0 aliphatic heterocycles. The Morgan fingerprint density at radius 1 is 0.875 bits per heavy atom. The standard InChI is InChI=1S/C25H18F4O3/c1-31-16-20(24(30)32-22-11-3-2-4-12-22)15-23(26)19-9-5-7-17(13-19)18-8-6-10-21(14-18)25(27,28)29/h2-16H,1H3. The van der Waals surface area contributed by atoms with Gasteiger partial charge in [0.15, 0.2) is 0 Å². The molecule has 3 aromatic carbocycles. The van der Waals surface area contributed by atoms with Crippen LogP contribution in [0.5, 0.6) is 5.75 Å². The van der Waals surface area contributed by atoms with Crippen LogP contribution in [0.15, 0.2) is 96.8 Å². The number of rotatable bonds is 6. The Morgan fingerprint density at radius 3 is 2.19 bits per heavy atom. The summed E-state index contributed by atoms with van der Waals surface area (Å²) in [6.07, 6.45) is -2.50. The largest absolute Gasteiger partial charge is 0.503 e. The summed E-state index contributed by atoms with van der Waals surface area (Å²) in [7, 11) is 1.30. The number of halogens is 4. The van der Waals surface area contributed by atoms with E-state index in [1.54, 1.807) is 36.4 Å². The van der Waals surface area contributed by atoms with Crippen LogP contribution in [0.4, 0.5) is 17.6 Å². The average molecular weight is 442 g/mol. The minimum absolute atomic E-state index is 0.0782. The van der Waals surface area contributed by atoms with Gasteiger partial charge in [0.25, 0.3) is 0 Å². The molecule has 0 aliphatic rings. The Bertz CT molecular complexity index is 1150. The number of hydrogen-bond acceptors (Lipinski definition) is 3. The van der Waals surface area contributed by atoms with E-state index in [4.69, 9.17) is 9.47 Å². The molecule has 3 aromatic rings. The summed E-state index contributed by atoms with van der Waals surface area (Å²) in [5, 5.41) is 0. The maximum atomic E-state index is 14.9. The second kappa shape index (κ2) is 9.96. The first kappa shape index (κ1) is 22.8. The van der Waals surface area contributed by atoms with Gasteiger partial charge in [-0.2, -0.15) is 13.2 Å². The molecular formula is C25H18F4O3. The lowest BCUT2D eigenvalue weighted by Gasteiger charge is -2.10. The van der Waals surface area contributed by atoms with Gasteiger partial charge in [-0.05, 0) is 47.5 Å². The molecule has 0 saturated carbocycles. The normalized spacial score (nSPS) is 12.4. The van der Waals surface area contributed by atoms with Crippen LogP contribution < -0.4 is 4.74 Å². The third kappa shape index (κ3) is 5.85. The number of alkyl halides is 3. The first-order chi connectivity index (χ1) is 15.3. The molecule has 3 nitrogen and oxygen atoms in total. The van der Waals surface area contributed by atoms with Crippen LogP contribution in [0.3, 0.4) is 0 Å². The molecule has 0 saturated heterocycles. The molecule has 0 bridgehead atoms. The molecule has 164 valence electrons. The van der Waals surface area contributed by atoms with Crippen LogP contribution in [0.1, 0.15) is 11.1 Å². The van der Waals surface area contributed by atoms with Crippen LogP contribution in [-0.4, -0.2) is 13.1 Å². The molecule has 0 amide bonds. The molecule has 0 radical (unpaired) electrons. The van der Waals surface area contributed by atoms with E-state index in [-0.39, 0.29) is 22.4 Å². The summed E-state index contributed by atoms with van der Waals surface area (Å²) in [5.74, 6) is -1.34. The molecule has 7 heteroatoms. The van der Waals surface area contributed by atoms with Crippen molar-refractivity contribution < 1.29 is 31.8 Å². The molecule has 0 fully saturated rings. The summed E-state index contributed by atoms with van der Waals surface area (Å²) in [4.78, 5) is 12.4. The second-order valence-electron chi connectivity index (χ2n) is 6.66. The lowest BCUT2D eigenvalue weighted by atomic mass is 10.00. The predicted molar refractivity (Wildman–Crippen MR) is 113 cm³/mol. The molecular weight excluding hydrogens is 424 g/mol. The third-order valence-corrected chi connectivity index (χ3v) is 4.38. The van der Waals surface area contributed by atoms with E-state index in [0.717, 1.165) is 24.5 Å². The van der Waals surface area contributed by atoms with Crippen LogP contribution in [-0.2, 0) is 15.7 Å². The van der Waals surface area contributed by atoms with Crippen molar-refractivity contribution in [2.45, 2.75) is 6.18 Å². The van der Waals surface area contributed by atoms with Crippen molar-refractivity contribution in [1.82, 2.24) is 0 Å². The van der Waals surface area contributed by atoms with Gasteiger partial charge in [0.2, 0.25) is 0 Å². The molecule has 0 atom stereocenters. The Kier molecular flexibility index (Phi) is 7.10. The first-order valence-corrected chi connectivity index (χ1v) is 9.43. The van der Waals surface area contributed by atoms with Crippen LogP contribution in [0, 0.1) is 0 Å². The topological polar surface area (TPSA) is 35.5 Å². The SMILES string of the molecule is COC=C(C=C(F)c1cccc(-c2cccc(C(F)(F)F)c2)c1)C(=O)Oc1ccccc1. The Balaban J connectivity index is 1.88. The Hall–Kier alpha value is -3.87. The van der Waals surface area contributed by atoms with Gasteiger partial charge in [-0.25, -0.2) is 9.18 Å². The van der Waals surface area contributed by atoms with Gasteiger partial charge in [-0.1, -0.05) is 48.5 Å². The van der Waals surface area contributed by atoms with E-state index < -0.39 is 23.5 Å². The molecule has 0 spiro atoms. The van der Waals surface area contributed by atoms with Gasteiger partial charge in [-0.15, -0.1) is 0 Å². The van der Waals surface area contributed by atoms with Gasteiger partial charge in [-0.3, -0.25) is 0 Å². The molecule has 0 unspecified atom stereocenters. The number of esters is 1. The van der Waals surface area contributed by atoms with Crippen LogP contribution in [0.25, 0.3) is 17.0 Å². The smallest absolute Gasteiger partial charge is 0.416 e. The lowest BCUT2D eigenvalue weighted by molar-refractivity contribution is -0.137. The highest BCUT2D eigenvalue weighted by Gasteiger charge is 2.30. The van der Waals surface area contributed by atoms with Crippen molar-refractivity contribution in [2.75, 3.05) is 7.11 Å². The molecule has 0 N–H and O–H groups in total. The van der Waals surface area contributed by atoms with E-state index in [0.29, 0.717) is 5.56 Å². The molecule has 3 rings (SSSR count). The van der Waals surface area contributed by atoms with Crippen molar-refractivity contribution in [3.8, 4) is 16.9 Å². The van der Waals surface area contributed by atoms with E-state index >= 15 is 0 Å². The quantitative estimate of drug-likeness (QED) is 0.105. The van der Waals surface area contributed by atoms with Crippen molar-refractivity contribution in [3.05, 3.63) is 108 Å². The number of ether oxygens (including phenoxy) is 2. The van der Waals surface area contributed by atoms with E-state index in [2.05, 4.69) is 0 Å². The molecule has 32 heavy (non-hydrogen) atoms. The Morgan fingerprint density at radius 2 is 1.53 bits per heavy atom. The zero-order valence-electron chi connectivity index (χ0n) is 16.9. The van der Waals surface area contributed by atoms with Crippen molar-refractivity contribution >= 4 is 11.8 Å². The maximum absolute atomic E-state index is 14.9. The highest BCUT2D eigenvalue weighted by atomic mass is 19.4. The van der Waals surface area contributed by atoms with E-state index in [1.165, 1.54) is 37.4 Å². The zero-order chi connectivity index (χ0) is 23.1. The number of carbonyl (C=O) groups excluding carboxylic acids is 1. The fourth-order valence-corrected chi connectivity index (χ4v) is 2.86. The third-order valence-electron chi connectivity index (χ3n) is 4.38. The maximum Gasteiger partial charge on any atom is 0.416 e.